The number of anilines is 1. The molecule has 6 nitrogen and oxygen atoms in total. The maximum atomic E-state index is 13.2. The van der Waals surface area contributed by atoms with E-state index in [4.69, 9.17) is 35.4 Å². The minimum atomic E-state index is -0.558. The number of aryl methyl sites for hydroxylation is 1. The van der Waals surface area contributed by atoms with Crippen molar-refractivity contribution in [3.8, 4) is 5.69 Å². The molecule has 2 aromatic heterocycles. The number of thiocarbonyl (C=S) groups is 1. The summed E-state index contributed by atoms with van der Waals surface area (Å²) in [6.45, 7) is 3.86. The third kappa shape index (κ3) is 3.87. The number of carbonyl (C=O) groups excluding carboxylic acids is 2. The van der Waals surface area contributed by atoms with Crippen molar-refractivity contribution in [2.75, 3.05) is 4.90 Å². The van der Waals surface area contributed by atoms with Gasteiger partial charge >= 0.3 is 0 Å². The Hall–Kier alpha value is -3.00. The summed E-state index contributed by atoms with van der Waals surface area (Å²) in [4.78, 5) is 31.2. The molecular formula is C22H16Cl2N4O2S. The quantitative estimate of drug-likeness (QED) is 0.344. The van der Waals surface area contributed by atoms with Crippen LogP contribution in [0.15, 0.2) is 54.4 Å². The Morgan fingerprint density at radius 1 is 1.06 bits per heavy atom. The summed E-state index contributed by atoms with van der Waals surface area (Å²) in [6.07, 6.45) is 5.02. The first-order valence-corrected chi connectivity index (χ1v) is 10.4. The zero-order valence-electron chi connectivity index (χ0n) is 16.5. The lowest BCUT2D eigenvalue weighted by Gasteiger charge is -2.29. The molecule has 0 unspecified atom stereocenters. The van der Waals surface area contributed by atoms with Gasteiger partial charge in [-0.25, -0.2) is 0 Å². The molecule has 3 heterocycles. The molecule has 0 spiro atoms. The highest BCUT2D eigenvalue weighted by molar-refractivity contribution is 7.80. The molecule has 0 atom stereocenters. The molecule has 1 fully saturated rings. The van der Waals surface area contributed by atoms with E-state index in [9.17, 15) is 9.59 Å². The van der Waals surface area contributed by atoms with Gasteiger partial charge in [-0.05, 0) is 74.1 Å². The summed E-state index contributed by atoms with van der Waals surface area (Å²) in [6, 6.07) is 10.4. The molecule has 1 aliphatic heterocycles. The number of aromatic nitrogens is 2. The number of benzene rings is 1. The molecule has 4 rings (SSSR count). The maximum absolute atomic E-state index is 13.2. The van der Waals surface area contributed by atoms with Crippen LogP contribution in [0.5, 0.6) is 0 Å². The van der Waals surface area contributed by atoms with Gasteiger partial charge in [0.2, 0.25) is 0 Å². The Labute approximate surface area is 194 Å². The van der Waals surface area contributed by atoms with Gasteiger partial charge in [0.1, 0.15) is 5.57 Å². The molecule has 31 heavy (non-hydrogen) atoms. The summed E-state index contributed by atoms with van der Waals surface area (Å²) in [5.74, 6) is -1.10. The third-order valence-corrected chi connectivity index (χ3v) is 5.96. The first kappa shape index (κ1) is 21.2. The number of hydrogen-bond acceptors (Lipinski definition) is 4. The van der Waals surface area contributed by atoms with Crippen LogP contribution in [0.25, 0.3) is 11.8 Å². The normalized spacial score (nSPS) is 15.5. The fraction of sp³-hybridized carbons (Fsp3) is 0.0909. The Kier molecular flexibility index (Phi) is 5.66. The average Bonchev–Trinajstić information content (AvgIpc) is 3.01. The van der Waals surface area contributed by atoms with Crippen LogP contribution in [0.1, 0.15) is 17.0 Å². The second-order valence-corrected chi connectivity index (χ2v) is 8.13. The monoisotopic (exact) mass is 470 g/mol. The number of carbonyl (C=O) groups is 2. The van der Waals surface area contributed by atoms with Gasteiger partial charge in [0.25, 0.3) is 11.8 Å². The van der Waals surface area contributed by atoms with Gasteiger partial charge < -0.3 is 4.57 Å². The van der Waals surface area contributed by atoms with Gasteiger partial charge in [0, 0.05) is 17.6 Å². The minimum absolute atomic E-state index is 0.0219. The summed E-state index contributed by atoms with van der Waals surface area (Å²) < 4.78 is 2.01. The predicted octanol–water partition coefficient (Wildman–Crippen LogP) is 4.63. The highest BCUT2D eigenvalue weighted by Gasteiger charge is 2.35. The third-order valence-electron chi connectivity index (χ3n) is 4.94. The van der Waals surface area contributed by atoms with Crippen LogP contribution in [-0.4, -0.2) is 26.5 Å². The van der Waals surface area contributed by atoms with Gasteiger partial charge in [0.05, 0.1) is 27.6 Å². The van der Waals surface area contributed by atoms with Gasteiger partial charge in [-0.2, -0.15) is 0 Å². The Morgan fingerprint density at radius 2 is 1.84 bits per heavy atom. The molecule has 2 amide bonds. The zero-order chi connectivity index (χ0) is 22.3. The summed E-state index contributed by atoms with van der Waals surface area (Å²) >= 11 is 17.3. The van der Waals surface area contributed by atoms with Crippen molar-refractivity contribution >= 4 is 64.1 Å². The van der Waals surface area contributed by atoms with Crippen molar-refractivity contribution in [1.29, 1.82) is 0 Å². The molecule has 0 bridgehead atoms. The van der Waals surface area contributed by atoms with Crippen molar-refractivity contribution in [2.24, 2.45) is 0 Å². The molecule has 1 aliphatic rings. The standard InChI is InChI=1S/C22H16Cl2N4O2S/c1-12-8-14(13(2)27(12)16-4-3-7-25-11-16)9-17-20(29)26-22(31)28(21(17)30)15-5-6-18(23)19(24)10-15/h3-11H,1-2H3,(H,26,29,31)/b17-9+. The van der Waals surface area contributed by atoms with Gasteiger partial charge in [-0.3, -0.25) is 24.8 Å². The van der Waals surface area contributed by atoms with E-state index in [-0.39, 0.29) is 15.7 Å². The van der Waals surface area contributed by atoms with Crippen molar-refractivity contribution in [1.82, 2.24) is 14.9 Å². The highest BCUT2D eigenvalue weighted by Crippen LogP contribution is 2.30. The molecule has 1 N–H and O–H groups in total. The number of nitrogens with one attached hydrogen (secondary N) is 1. The second kappa shape index (κ2) is 8.26. The Morgan fingerprint density at radius 3 is 2.52 bits per heavy atom. The highest BCUT2D eigenvalue weighted by atomic mass is 35.5. The first-order chi connectivity index (χ1) is 14.8. The fourth-order valence-corrected chi connectivity index (χ4v) is 4.06. The Balaban J connectivity index is 1.77. The molecule has 1 aromatic carbocycles. The number of halogens is 2. The summed E-state index contributed by atoms with van der Waals surface area (Å²) in [7, 11) is 0. The summed E-state index contributed by atoms with van der Waals surface area (Å²) in [5.41, 5.74) is 3.81. The van der Waals surface area contributed by atoms with Crippen LogP contribution in [0.4, 0.5) is 5.69 Å². The zero-order valence-corrected chi connectivity index (χ0v) is 18.8. The van der Waals surface area contributed by atoms with E-state index in [1.807, 2.05) is 36.6 Å². The van der Waals surface area contributed by atoms with Crippen LogP contribution in [0, 0.1) is 13.8 Å². The smallest absolute Gasteiger partial charge is 0.270 e. The number of amides is 2. The molecular weight excluding hydrogens is 455 g/mol. The largest absolute Gasteiger partial charge is 0.316 e. The lowest BCUT2D eigenvalue weighted by molar-refractivity contribution is -0.122. The lowest BCUT2D eigenvalue weighted by atomic mass is 10.1. The van der Waals surface area contributed by atoms with Crippen LogP contribution < -0.4 is 10.2 Å². The van der Waals surface area contributed by atoms with Crippen LogP contribution in [-0.2, 0) is 9.59 Å². The van der Waals surface area contributed by atoms with Crippen LogP contribution in [0.2, 0.25) is 10.0 Å². The maximum Gasteiger partial charge on any atom is 0.270 e. The van der Waals surface area contributed by atoms with Crippen molar-refractivity contribution in [3.05, 3.63) is 81.4 Å². The molecule has 0 saturated carbocycles. The van der Waals surface area contributed by atoms with E-state index in [0.29, 0.717) is 10.7 Å². The second-order valence-electron chi connectivity index (χ2n) is 6.93. The molecule has 3 aromatic rings. The van der Waals surface area contributed by atoms with E-state index in [0.717, 1.165) is 22.6 Å². The van der Waals surface area contributed by atoms with Gasteiger partial charge in [-0.1, -0.05) is 23.2 Å². The van der Waals surface area contributed by atoms with E-state index < -0.39 is 11.8 Å². The number of hydrogen-bond donors (Lipinski definition) is 1. The van der Waals surface area contributed by atoms with Crippen molar-refractivity contribution in [3.63, 3.8) is 0 Å². The fourth-order valence-electron chi connectivity index (χ4n) is 3.49. The van der Waals surface area contributed by atoms with E-state index >= 15 is 0 Å². The molecule has 1 saturated heterocycles. The summed E-state index contributed by atoms with van der Waals surface area (Å²) in [5, 5.41) is 3.18. The number of nitrogens with zero attached hydrogens (tertiary/aromatic N) is 3. The molecule has 156 valence electrons. The first-order valence-electron chi connectivity index (χ1n) is 9.24. The average molecular weight is 471 g/mol. The SMILES string of the molecule is Cc1cc(/C=C2\C(=O)NC(=S)N(c3ccc(Cl)c(Cl)c3)C2=O)c(C)n1-c1cccnc1. The minimum Gasteiger partial charge on any atom is -0.316 e. The molecule has 9 heteroatoms. The Bertz CT molecular complexity index is 1270. The van der Waals surface area contributed by atoms with Gasteiger partial charge in [0.15, 0.2) is 5.11 Å². The van der Waals surface area contributed by atoms with E-state index in [1.165, 1.54) is 11.0 Å². The predicted molar refractivity (Wildman–Crippen MR) is 126 cm³/mol. The van der Waals surface area contributed by atoms with Gasteiger partial charge in [-0.15, -0.1) is 0 Å². The van der Waals surface area contributed by atoms with Crippen LogP contribution >= 0.6 is 35.4 Å². The molecule has 0 aliphatic carbocycles. The van der Waals surface area contributed by atoms with Crippen molar-refractivity contribution < 1.29 is 9.59 Å². The van der Waals surface area contributed by atoms with E-state index in [1.54, 1.807) is 30.6 Å². The van der Waals surface area contributed by atoms with Crippen LogP contribution in [0.3, 0.4) is 0 Å². The van der Waals surface area contributed by atoms with Crippen molar-refractivity contribution in [2.45, 2.75) is 13.8 Å². The topological polar surface area (TPSA) is 67.2 Å². The number of rotatable bonds is 3. The number of pyridine rings is 1. The lowest BCUT2D eigenvalue weighted by Crippen LogP contribution is -2.54. The van der Waals surface area contributed by atoms with E-state index in [2.05, 4.69) is 10.3 Å². The molecule has 0 radical (unpaired) electrons.